The Kier molecular flexibility index (Phi) is 6.52. The zero-order valence-corrected chi connectivity index (χ0v) is 12.3. The molecule has 118 valence electrons. The Morgan fingerprint density at radius 1 is 1.29 bits per heavy atom. The summed E-state index contributed by atoms with van der Waals surface area (Å²) in [5, 5.41) is 5.42. The van der Waals surface area contributed by atoms with Gasteiger partial charge in [0.15, 0.2) is 0 Å². The van der Waals surface area contributed by atoms with Gasteiger partial charge in [-0.05, 0) is 37.0 Å². The second-order valence-electron chi connectivity index (χ2n) is 5.32. The second-order valence-corrected chi connectivity index (χ2v) is 5.32. The minimum Gasteiger partial charge on any atom is -0.376 e. The number of carbonyl (C=O) groups excluding carboxylic acids is 1. The Morgan fingerprint density at radius 2 is 2.00 bits per heavy atom. The van der Waals surface area contributed by atoms with Crippen molar-refractivity contribution in [2.45, 2.75) is 32.9 Å². The van der Waals surface area contributed by atoms with Gasteiger partial charge in [-0.3, -0.25) is 4.79 Å². The van der Waals surface area contributed by atoms with Gasteiger partial charge in [0.05, 0.1) is 12.1 Å². The first-order chi connectivity index (χ1) is 9.79. The molecule has 1 aromatic rings. The van der Waals surface area contributed by atoms with Gasteiger partial charge in [-0.25, -0.2) is 0 Å². The lowest BCUT2D eigenvalue weighted by atomic mass is 10.1. The molecule has 21 heavy (non-hydrogen) atoms. The van der Waals surface area contributed by atoms with Crippen LogP contribution in [0.1, 0.15) is 32.3 Å². The Balaban J connectivity index is 2.36. The molecule has 2 N–H and O–H groups in total. The fourth-order valence-corrected chi connectivity index (χ4v) is 1.79. The van der Waals surface area contributed by atoms with E-state index in [0.29, 0.717) is 12.5 Å². The summed E-state index contributed by atoms with van der Waals surface area (Å²) < 4.78 is 37.6. The third kappa shape index (κ3) is 7.02. The summed E-state index contributed by atoms with van der Waals surface area (Å²) in [5.41, 5.74) is -0.452. The molecule has 1 aromatic carbocycles. The van der Waals surface area contributed by atoms with Crippen LogP contribution in [-0.2, 0) is 11.0 Å². The van der Waals surface area contributed by atoms with E-state index in [1.165, 1.54) is 12.1 Å². The number of halogens is 3. The van der Waals surface area contributed by atoms with Crippen molar-refractivity contribution in [3.63, 3.8) is 0 Å². The Hall–Kier alpha value is -1.72. The molecule has 0 heterocycles. The molecule has 1 rings (SSSR count). The molecule has 0 saturated carbocycles. The summed E-state index contributed by atoms with van der Waals surface area (Å²) in [4.78, 5) is 11.5. The van der Waals surface area contributed by atoms with Crippen LogP contribution in [0, 0.1) is 5.92 Å². The van der Waals surface area contributed by atoms with E-state index in [1.807, 2.05) is 0 Å². The van der Waals surface area contributed by atoms with Gasteiger partial charge in [-0.1, -0.05) is 19.9 Å². The van der Waals surface area contributed by atoms with Gasteiger partial charge in [0.2, 0.25) is 5.91 Å². The largest absolute Gasteiger partial charge is 0.416 e. The van der Waals surface area contributed by atoms with Crippen LogP contribution < -0.4 is 10.6 Å². The minimum atomic E-state index is -4.38. The van der Waals surface area contributed by atoms with E-state index in [2.05, 4.69) is 24.5 Å². The van der Waals surface area contributed by atoms with E-state index < -0.39 is 11.7 Å². The number of nitrogens with one attached hydrogen (secondary N) is 2. The molecule has 0 bridgehead atoms. The molecule has 0 aliphatic rings. The maximum Gasteiger partial charge on any atom is 0.416 e. The number of amides is 1. The lowest BCUT2D eigenvalue weighted by Gasteiger charge is -2.11. The van der Waals surface area contributed by atoms with Crippen LogP contribution in [0.25, 0.3) is 0 Å². The van der Waals surface area contributed by atoms with Crippen molar-refractivity contribution in [3.8, 4) is 0 Å². The molecular weight excluding hydrogens is 281 g/mol. The van der Waals surface area contributed by atoms with Crippen molar-refractivity contribution in [2.75, 3.05) is 18.4 Å². The summed E-state index contributed by atoms with van der Waals surface area (Å²) in [6.07, 6.45) is -2.45. The zero-order chi connectivity index (χ0) is 15.9. The molecule has 0 radical (unpaired) electrons. The average molecular weight is 302 g/mol. The Labute approximate surface area is 122 Å². The predicted octanol–water partition coefficient (Wildman–Crippen LogP) is 3.67. The van der Waals surface area contributed by atoms with Crippen molar-refractivity contribution in [2.24, 2.45) is 5.92 Å². The van der Waals surface area contributed by atoms with E-state index in [1.54, 1.807) is 0 Å². The SMILES string of the molecule is CC(C)CCCNC(=O)CNc1cccc(C(F)(F)F)c1. The highest BCUT2D eigenvalue weighted by Crippen LogP contribution is 2.30. The lowest BCUT2D eigenvalue weighted by molar-refractivity contribution is -0.137. The van der Waals surface area contributed by atoms with Crippen LogP contribution in [0.15, 0.2) is 24.3 Å². The van der Waals surface area contributed by atoms with Crippen LogP contribution in [0.3, 0.4) is 0 Å². The van der Waals surface area contributed by atoms with Crippen molar-refractivity contribution in [1.82, 2.24) is 5.32 Å². The predicted molar refractivity (Wildman–Crippen MR) is 77.0 cm³/mol. The van der Waals surface area contributed by atoms with Crippen molar-refractivity contribution in [1.29, 1.82) is 0 Å². The smallest absolute Gasteiger partial charge is 0.376 e. The van der Waals surface area contributed by atoms with E-state index in [4.69, 9.17) is 0 Å². The van der Waals surface area contributed by atoms with Crippen molar-refractivity contribution < 1.29 is 18.0 Å². The molecule has 0 saturated heterocycles. The number of rotatable bonds is 7. The maximum atomic E-state index is 12.5. The van der Waals surface area contributed by atoms with Crippen LogP contribution in [0.5, 0.6) is 0 Å². The van der Waals surface area contributed by atoms with Crippen molar-refractivity contribution in [3.05, 3.63) is 29.8 Å². The molecular formula is C15H21F3N2O. The normalized spacial score (nSPS) is 11.5. The van der Waals surface area contributed by atoms with Gasteiger partial charge in [0.1, 0.15) is 0 Å². The molecule has 0 unspecified atom stereocenters. The lowest BCUT2D eigenvalue weighted by Crippen LogP contribution is -2.30. The second kappa shape index (κ2) is 7.90. The third-order valence-electron chi connectivity index (χ3n) is 2.92. The topological polar surface area (TPSA) is 41.1 Å². The van der Waals surface area contributed by atoms with Crippen LogP contribution in [-0.4, -0.2) is 19.0 Å². The Morgan fingerprint density at radius 3 is 2.62 bits per heavy atom. The average Bonchev–Trinajstić information content (AvgIpc) is 2.40. The quantitative estimate of drug-likeness (QED) is 0.755. The van der Waals surface area contributed by atoms with Gasteiger partial charge in [-0.15, -0.1) is 0 Å². The first-order valence-electron chi connectivity index (χ1n) is 6.97. The highest BCUT2D eigenvalue weighted by molar-refractivity contribution is 5.80. The van der Waals surface area contributed by atoms with Gasteiger partial charge < -0.3 is 10.6 Å². The molecule has 0 spiro atoms. The molecule has 3 nitrogen and oxygen atoms in total. The monoisotopic (exact) mass is 302 g/mol. The molecule has 0 aromatic heterocycles. The van der Waals surface area contributed by atoms with Gasteiger partial charge >= 0.3 is 6.18 Å². The number of alkyl halides is 3. The van der Waals surface area contributed by atoms with E-state index in [-0.39, 0.29) is 18.1 Å². The fraction of sp³-hybridized carbons (Fsp3) is 0.533. The molecule has 0 fully saturated rings. The number of hydrogen-bond donors (Lipinski definition) is 2. The minimum absolute atomic E-state index is 0.0387. The van der Waals surface area contributed by atoms with Crippen molar-refractivity contribution >= 4 is 11.6 Å². The van der Waals surface area contributed by atoms with Crippen LogP contribution in [0.2, 0.25) is 0 Å². The van der Waals surface area contributed by atoms with Gasteiger partial charge in [-0.2, -0.15) is 13.2 Å². The highest BCUT2D eigenvalue weighted by atomic mass is 19.4. The molecule has 1 amide bonds. The summed E-state index contributed by atoms with van der Waals surface area (Å²) in [5.74, 6) is 0.362. The first kappa shape index (κ1) is 17.3. The molecule has 0 aliphatic carbocycles. The summed E-state index contributed by atoms with van der Waals surface area (Å²) in [7, 11) is 0. The number of carbonyl (C=O) groups is 1. The first-order valence-corrected chi connectivity index (χ1v) is 6.97. The fourth-order valence-electron chi connectivity index (χ4n) is 1.79. The molecule has 6 heteroatoms. The Bertz CT molecular complexity index is 458. The van der Waals surface area contributed by atoms with Gasteiger partial charge in [0, 0.05) is 12.2 Å². The van der Waals surface area contributed by atoms with Gasteiger partial charge in [0.25, 0.3) is 0 Å². The number of benzene rings is 1. The molecule has 0 atom stereocenters. The number of anilines is 1. The maximum absolute atomic E-state index is 12.5. The molecule has 0 aliphatic heterocycles. The third-order valence-corrected chi connectivity index (χ3v) is 2.92. The standard InChI is InChI=1S/C15H21F3N2O/c1-11(2)5-4-8-19-14(21)10-20-13-7-3-6-12(9-13)15(16,17)18/h3,6-7,9,11,20H,4-5,8,10H2,1-2H3,(H,19,21). The number of hydrogen-bond acceptors (Lipinski definition) is 2. The summed E-state index contributed by atoms with van der Waals surface area (Å²) in [6, 6.07) is 4.80. The van der Waals surface area contributed by atoms with E-state index >= 15 is 0 Å². The summed E-state index contributed by atoms with van der Waals surface area (Å²) >= 11 is 0. The van der Waals surface area contributed by atoms with E-state index in [0.717, 1.165) is 25.0 Å². The van der Waals surface area contributed by atoms with Crippen LogP contribution in [0.4, 0.5) is 18.9 Å². The summed E-state index contributed by atoms with van der Waals surface area (Å²) in [6.45, 7) is 4.76. The van der Waals surface area contributed by atoms with Crippen LogP contribution >= 0.6 is 0 Å². The highest BCUT2D eigenvalue weighted by Gasteiger charge is 2.30. The zero-order valence-electron chi connectivity index (χ0n) is 12.3. The van der Waals surface area contributed by atoms with E-state index in [9.17, 15) is 18.0 Å².